The van der Waals surface area contributed by atoms with Crippen LogP contribution in [0.2, 0.25) is 0 Å². The average molecular weight is 301 g/mol. The number of benzene rings is 1. The molecular formula is C14H20FNO3S. The molecule has 0 bridgehead atoms. The molecular weight excluding hydrogens is 281 g/mol. The van der Waals surface area contributed by atoms with Crippen LogP contribution in [-0.4, -0.2) is 26.7 Å². The number of aliphatic hydroxyl groups is 1. The number of nitrogens with one attached hydrogen (secondary N) is 1. The first kappa shape index (κ1) is 15.4. The van der Waals surface area contributed by atoms with Crippen LogP contribution in [-0.2, 0) is 10.0 Å². The van der Waals surface area contributed by atoms with Gasteiger partial charge in [-0.3, -0.25) is 0 Å². The monoisotopic (exact) mass is 301 g/mol. The lowest BCUT2D eigenvalue weighted by atomic mass is 9.88. The molecule has 0 aliphatic heterocycles. The van der Waals surface area contributed by atoms with E-state index in [1.54, 1.807) is 6.92 Å². The molecule has 0 atom stereocenters. The fourth-order valence-electron chi connectivity index (χ4n) is 2.59. The van der Waals surface area contributed by atoms with Crippen molar-refractivity contribution in [3.63, 3.8) is 0 Å². The summed E-state index contributed by atoms with van der Waals surface area (Å²) in [6, 6.07) is 3.86. The first-order valence-corrected chi connectivity index (χ1v) is 8.24. The van der Waals surface area contributed by atoms with Crippen molar-refractivity contribution in [1.29, 1.82) is 0 Å². The quantitative estimate of drug-likeness (QED) is 0.874. The molecule has 112 valence electrons. The fraction of sp³-hybridized carbons (Fsp3) is 0.571. The molecule has 0 heterocycles. The fourth-order valence-corrected chi connectivity index (χ4v) is 3.76. The van der Waals surface area contributed by atoms with Gasteiger partial charge < -0.3 is 5.11 Å². The van der Waals surface area contributed by atoms with Gasteiger partial charge in [0.25, 0.3) is 0 Å². The molecule has 1 aliphatic rings. The zero-order chi connectivity index (χ0) is 14.8. The summed E-state index contributed by atoms with van der Waals surface area (Å²) in [7, 11) is -3.74. The largest absolute Gasteiger partial charge is 0.396 e. The van der Waals surface area contributed by atoms with Crippen molar-refractivity contribution in [2.75, 3.05) is 13.2 Å². The smallest absolute Gasteiger partial charge is 0.240 e. The van der Waals surface area contributed by atoms with Gasteiger partial charge in [0.1, 0.15) is 5.82 Å². The summed E-state index contributed by atoms with van der Waals surface area (Å²) in [5.41, 5.74) is 0.0441. The molecule has 2 rings (SSSR count). The zero-order valence-corrected chi connectivity index (χ0v) is 12.3. The minimum absolute atomic E-state index is 0.0300. The van der Waals surface area contributed by atoms with Crippen molar-refractivity contribution < 1.29 is 17.9 Å². The first-order valence-electron chi connectivity index (χ1n) is 6.75. The van der Waals surface area contributed by atoms with E-state index in [0.29, 0.717) is 5.56 Å². The summed E-state index contributed by atoms with van der Waals surface area (Å²) in [6.45, 7) is 1.75. The van der Waals surface area contributed by atoms with Gasteiger partial charge in [-0.05, 0) is 37.5 Å². The highest BCUT2D eigenvalue weighted by Crippen LogP contribution is 2.37. The highest BCUT2D eigenvalue weighted by Gasteiger charge is 2.34. The van der Waals surface area contributed by atoms with Crippen LogP contribution >= 0.6 is 0 Å². The molecule has 2 N–H and O–H groups in total. The molecule has 0 amide bonds. The lowest BCUT2D eigenvalue weighted by Crippen LogP contribution is -2.38. The van der Waals surface area contributed by atoms with Gasteiger partial charge in [0.15, 0.2) is 0 Å². The normalized spacial score (nSPS) is 18.4. The predicted octanol–water partition coefficient (Wildman–Crippen LogP) is 1.97. The lowest BCUT2D eigenvalue weighted by Gasteiger charge is -2.26. The molecule has 4 nitrogen and oxygen atoms in total. The third-order valence-corrected chi connectivity index (χ3v) is 5.49. The minimum Gasteiger partial charge on any atom is -0.396 e. The molecule has 0 unspecified atom stereocenters. The standard InChI is InChI=1S/C14H20FNO3S/c1-11-4-5-12(8-13(11)15)20(18,19)16-9-14(10-17)6-2-3-7-14/h4-5,8,16-17H,2-3,6-7,9-10H2,1H3. The van der Waals surface area contributed by atoms with Gasteiger partial charge in [-0.2, -0.15) is 0 Å². The second kappa shape index (κ2) is 5.79. The van der Waals surface area contributed by atoms with Gasteiger partial charge in [0.2, 0.25) is 10.0 Å². The Hall–Kier alpha value is -0.980. The Bertz CT molecular complexity index is 580. The van der Waals surface area contributed by atoms with E-state index in [4.69, 9.17) is 0 Å². The number of hydrogen-bond acceptors (Lipinski definition) is 3. The molecule has 1 saturated carbocycles. The van der Waals surface area contributed by atoms with Gasteiger partial charge in [0.05, 0.1) is 4.90 Å². The molecule has 20 heavy (non-hydrogen) atoms. The number of aryl methyl sites for hydroxylation is 1. The second-order valence-electron chi connectivity index (χ2n) is 5.60. The Labute approximate surface area is 119 Å². The van der Waals surface area contributed by atoms with E-state index in [2.05, 4.69) is 4.72 Å². The third kappa shape index (κ3) is 3.19. The molecule has 0 spiro atoms. The van der Waals surface area contributed by atoms with Crippen LogP contribution in [0.4, 0.5) is 4.39 Å². The summed E-state index contributed by atoms with van der Waals surface area (Å²) in [5, 5.41) is 9.47. The van der Waals surface area contributed by atoms with E-state index in [9.17, 15) is 17.9 Å². The molecule has 6 heteroatoms. The van der Waals surface area contributed by atoms with E-state index < -0.39 is 15.8 Å². The SMILES string of the molecule is Cc1ccc(S(=O)(=O)NCC2(CO)CCCC2)cc1F. The van der Waals surface area contributed by atoms with Gasteiger partial charge in [0, 0.05) is 18.6 Å². The molecule has 1 fully saturated rings. The summed E-state index contributed by atoms with van der Waals surface area (Å²) < 4.78 is 40.3. The van der Waals surface area contributed by atoms with Crippen molar-refractivity contribution in [1.82, 2.24) is 4.72 Å². The number of sulfonamides is 1. The van der Waals surface area contributed by atoms with Crippen LogP contribution in [0.3, 0.4) is 0 Å². The topological polar surface area (TPSA) is 66.4 Å². The summed E-state index contributed by atoms with van der Waals surface area (Å²) in [4.78, 5) is -0.0771. The highest BCUT2D eigenvalue weighted by molar-refractivity contribution is 7.89. The maximum atomic E-state index is 13.5. The maximum Gasteiger partial charge on any atom is 0.240 e. The summed E-state index contributed by atoms with van der Waals surface area (Å²) >= 11 is 0. The number of rotatable bonds is 5. The van der Waals surface area contributed by atoms with E-state index in [-0.39, 0.29) is 23.5 Å². The van der Waals surface area contributed by atoms with Gasteiger partial charge in [-0.15, -0.1) is 0 Å². The Morgan fingerprint density at radius 3 is 2.55 bits per heavy atom. The van der Waals surface area contributed by atoms with Crippen LogP contribution in [0.1, 0.15) is 31.2 Å². The van der Waals surface area contributed by atoms with Crippen molar-refractivity contribution in [3.05, 3.63) is 29.6 Å². The average Bonchev–Trinajstić information content (AvgIpc) is 2.89. The molecule has 0 saturated heterocycles. The molecule has 0 aromatic heterocycles. The van der Waals surface area contributed by atoms with Gasteiger partial charge in [-0.25, -0.2) is 17.5 Å². The number of aliphatic hydroxyl groups excluding tert-OH is 1. The lowest BCUT2D eigenvalue weighted by molar-refractivity contribution is 0.134. The van der Waals surface area contributed by atoms with Gasteiger partial charge >= 0.3 is 0 Å². The van der Waals surface area contributed by atoms with E-state index >= 15 is 0 Å². The van der Waals surface area contributed by atoms with E-state index in [0.717, 1.165) is 31.7 Å². The maximum absolute atomic E-state index is 13.5. The van der Waals surface area contributed by atoms with Crippen LogP contribution in [0, 0.1) is 18.2 Å². The van der Waals surface area contributed by atoms with Crippen LogP contribution in [0.15, 0.2) is 23.1 Å². The molecule has 1 aromatic rings. The van der Waals surface area contributed by atoms with Crippen molar-refractivity contribution in [2.24, 2.45) is 5.41 Å². The molecule has 0 radical (unpaired) electrons. The molecule has 1 aliphatic carbocycles. The predicted molar refractivity (Wildman–Crippen MR) is 74.3 cm³/mol. The third-order valence-electron chi connectivity index (χ3n) is 4.09. The Balaban J connectivity index is 2.13. The highest BCUT2D eigenvalue weighted by atomic mass is 32.2. The Morgan fingerprint density at radius 2 is 2.00 bits per heavy atom. The van der Waals surface area contributed by atoms with Crippen molar-refractivity contribution in [3.8, 4) is 0 Å². The van der Waals surface area contributed by atoms with E-state index in [1.807, 2.05) is 0 Å². The second-order valence-corrected chi connectivity index (χ2v) is 7.37. The first-order chi connectivity index (χ1) is 9.38. The number of hydrogen-bond donors (Lipinski definition) is 2. The van der Waals surface area contributed by atoms with E-state index in [1.165, 1.54) is 12.1 Å². The van der Waals surface area contributed by atoms with Gasteiger partial charge in [-0.1, -0.05) is 18.9 Å². The van der Waals surface area contributed by atoms with Crippen LogP contribution in [0.5, 0.6) is 0 Å². The zero-order valence-electron chi connectivity index (χ0n) is 11.5. The summed E-state index contributed by atoms with van der Waals surface area (Å²) in [5.74, 6) is -0.536. The molecule has 1 aromatic carbocycles. The minimum atomic E-state index is -3.74. The van der Waals surface area contributed by atoms with Crippen molar-refractivity contribution in [2.45, 2.75) is 37.5 Å². The summed E-state index contributed by atoms with van der Waals surface area (Å²) in [6.07, 6.45) is 3.63. The Morgan fingerprint density at radius 1 is 1.35 bits per heavy atom. The number of halogens is 1. The van der Waals surface area contributed by atoms with Crippen LogP contribution < -0.4 is 4.72 Å². The van der Waals surface area contributed by atoms with Crippen LogP contribution in [0.25, 0.3) is 0 Å². The van der Waals surface area contributed by atoms with Crippen molar-refractivity contribution >= 4 is 10.0 Å². The Kier molecular flexibility index (Phi) is 4.46.